The molecule has 0 aliphatic heterocycles. The standard InChI is InChI=1S/C23H24ClN3/c1-5-21-16(4)27-22(13-26-21)20-11-7-10-19(23(20)24)18-9-6-8-17(15(18)3)14(2)12-25/h6-13H,5,25H2,1-4H3/b14-12+. The van der Waals surface area contributed by atoms with Crippen molar-refractivity contribution in [3.8, 4) is 22.4 Å². The van der Waals surface area contributed by atoms with E-state index in [0.717, 1.165) is 56.9 Å². The van der Waals surface area contributed by atoms with Gasteiger partial charge >= 0.3 is 0 Å². The number of rotatable bonds is 4. The lowest BCUT2D eigenvalue weighted by Crippen LogP contribution is -1.98. The van der Waals surface area contributed by atoms with E-state index in [1.54, 1.807) is 12.4 Å². The van der Waals surface area contributed by atoms with Crippen LogP contribution >= 0.6 is 11.6 Å². The fraction of sp³-hybridized carbons (Fsp3) is 0.217. The Bertz CT molecular complexity index is 1020. The zero-order valence-electron chi connectivity index (χ0n) is 16.2. The molecule has 0 amide bonds. The minimum atomic E-state index is 0.685. The average Bonchev–Trinajstić information content (AvgIpc) is 2.68. The Morgan fingerprint density at radius 1 is 1.07 bits per heavy atom. The van der Waals surface area contributed by atoms with Crippen molar-refractivity contribution in [3.05, 3.63) is 76.3 Å². The highest BCUT2D eigenvalue weighted by atomic mass is 35.5. The highest BCUT2D eigenvalue weighted by Crippen LogP contribution is 2.38. The van der Waals surface area contributed by atoms with Crippen LogP contribution in [0, 0.1) is 13.8 Å². The van der Waals surface area contributed by atoms with Crippen molar-refractivity contribution in [1.82, 2.24) is 9.97 Å². The van der Waals surface area contributed by atoms with Gasteiger partial charge in [0.2, 0.25) is 0 Å². The fourth-order valence-corrected chi connectivity index (χ4v) is 3.69. The molecule has 0 aliphatic carbocycles. The minimum Gasteiger partial charge on any atom is -0.404 e. The van der Waals surface area contributed by atoms with Gasteiger partial charge in [-0.1, -0.05) is 54.9 Å². The predicted molar refractivity (Wildman–Crippen MR) is 115 cm³/mol. The van der Waals surface area contributed by atoms with Gasteiger partial charge in [0.25, 0.3) is 0 Å². The Labute approximate surface area is 165 Å². The molecule has 4 heteroatoms. The van der Waals surface area contributed by atoms with Gasteiger partial charge in [0, 0.05) is 11.1 Å². The molecule has 0 unspecified atom stereocenters. The van der Waals surface area contributed by atoms with Gasteiger partial charge in [-0.2, -0.15) is 0 Å². The van der Waals surface area contributed by atoms with Crippen LogP contribution in [0.1, 0.15) is 36.4 Å². The van der Waals surface area contributed by atoms with Gasteiger partial charge in [0.15, 0.2) is 0 Å². The third kappa shape index (κ3) is 3.60. The highest BCUT2D eigenvalue weighted by Gasteiger charge is 2.15. The maximum Gasteiger partial charge on any atom is 0.0903 e. The Balaban J connectivity index is 2.16. The second kappa shape index (κ2) is 7.93. The Hall–Kier alpha value is -2.65. The number of aromatic nitrogens is 2. The van der Waals surface area contributed by atoms with E-state index in [-0.39, 0.29) is 0 Å². The Kier molecular flexibility index (Phi) is 5.62. The molecule has 0 fully saturated rings. The average molecular weight is 378 g/mol. The molecule has 3 nitrogen and oxygen atoms in total. The number of halogens is 1. The van der Waals surface area contributed by atoms with Gasteiger partial charge in [-0.05, 0) is 55.7 Å². The smallest absolute Gasteiger partial charge is 0.0903 e. The maximum atomic E-state index is 6.83. The second-order valence-electron chi connectivity index (χ2n) is 6.64. The molecule has 138 valence electrons. The molecule has 2 aromatic carbocycles. The molecule has 0 saturated heterocycles. The molecule has 0 spiro atoms. The SMILES string of the molecule is CCc1ncc(-c2cccc(-c3cccc(/C(C)=C/N)c3C)c2Cl)nc1C. The van der Waals surface area contributed by atoms with Crippen LogP contribution in [0.3, 0.4) is 0 Å². The summed E-state index contributed by atoms with van der Waals surface area (Å²) >= 11 is 6.83. The van der Waals surface area contributed by atoms with E-state index < -0.39 is 0 Å². The van der Waals surface area contributed by atoms with Crippen LogP contribution in [0.25, 0.3) is 28.0 Å². The molecule has 3 aromatic rings. The molecule has 3 rings (SSSR count). The third-order valence-electron chi connectivity index (χ3n) is 4.96. The van der Waals surface area contributed by atoms with E-state index in [0.29, 0.717) is 5.02 Å². The molecular formula is C23H24ClN3. The van der Waals surface area contributed by atoms with Crippen molar-refractivity contribution >= 4 is 17.2 Å². The van der Waals surface area contributed by atoms with Gasteiger partial charge in [0.05, 0.1) is 28.3 Å². The van der Waals surface area contributed by atoms with Crippen LogP contribution in [-0.2, 0) is 6.42 Å². The Morgan fingerprint density at radius 3 is 2.41 bits per heavy atom. The first-order valence-electron chi connectivity index (χ1n) is 9.08. The van der Waals surface area contributed by atoms with E-state index in [1.165, 1.54) is 0 Å². The van der Waals surface area contributed by atoms with Crippen molar-refractivity contribution in [2.45, 2.75) is 34.1 Å². The minimum absolute atomic E-state index is 0.685. The fourth-order valence-electron chi connectivity index (χ4n) is 3.37. The first kappa shape index (κ1) is 19.1. The summed E-state index contributed by atoms with van der Waals surface area (Å²) in [7, 11) is 0. The van der Waals surface area contributed by atoms with Crippen LogP contribution in [-0.4, -0.2) is 9.97 Å². The molecule has 0 saturated carbocycles. The van der Waals surface area contributed by atoms with Crippen molar-refractivity contribution in [2.75, 3.05) is 0 Å². The van der Waals surface area contributed by atoms with Crippen LogP contribution in [0.2, 0.25) is 5.02 Å². The van der Waals surface area contributed by atoms with Crippen LogP contribution in [0.5, 0.6) is 0 Å². The lowest BCUT2D eigenvalue weighted by atomic mass is 9.92. The summed E-state index contributed by atoms with van der Waals surface area (Å²) in [6.07, 6.45) is 4.31. The summed E-state index contributed by atoms with van der Waals surface area (Å²) in [5, 5.41) is 0.685. The number of aryl methyl sites for hydroxylation is 2. The lowest BCUT2D eigenvalue weighted by molar-refractivity contribution is 0.961. The number of hydrogen-bond acceptors (Lipinski definition) is 3. The summed E-state index contributed by atoms with van der Waals surface area (Å²) in [6.45, 7) is 8.18. The zero-order chi connectivity index (χ0) is 19.6. The topological polar surface area (TPSA) is 51.8 Å². The number of allylic oxidation sites excluding steroid dienone is 1. The van der Waals surface area contributed by atoms with E-state index in [9.17, 15) is 0 Å². The summed E-state index contributed by atoms with van der Waals surface area (Å²) in [6, 6.07) is 12.2. The second-order valence-corrected chi connectivity index (χ2v) is 7.01. The largest absolute Gasteiger partial charge is 0.404 e. The molecule has 0 radical (unpaired) electrons. The first-order chi connectivity index (χ1) is 13.0. The van der Waals surface area contributed by atoms with Gasteiger partial charge in [0.1, 0.15) is 0 Å². The molecule has 2 N–H and O–H groups in total. The number of benzene rings is 2. The van der Waals surface area contributed by atoms with Crippen LogP contribution in [0.4, 0.5) is 0 Å². The molecular weight excluding hydrogens is 354 g/mol. The molecule has 27 heavy (non-hydrogen) atoms. The Morgan fingerprint density at radius 2 is 1.74 bits per heavy atom. The van der Waals surface area contributed by atoms with E-state index >= 15 is 0 Å². The monoisotopic (exact) mass is 377 g/mol. The van der Waals surface area contributed by atoms with Crippen molar-refractivity contribution in [2.24, 2.45) is 5.73 Å². The quantitative estimate of drug-likeness (QED) is 0.610. The zero-order valence-corrected chi connectivity index (χ0v) is 16.9. The summed E-state index contributed by atoms with van der Waals surface area (Å²) in [5.74, 6) is 0. The first-order valence-corrected chi connectivity index (χ1v) is 9.46. The van der Waals surface area contributed by atoms with E-state index in [1.807, 2.05) is 38.1 Å². The van der Waals surface area contributed by atoms with Crippen molar-refractivity contribution in [1.29, 1.82) is 0 Å². The van der Waals surface area contributed by atoms with Gasteiger partial charge in [-0.3, -0.25) is 4.98 Å². The van der Waals surface area contributed by atoms with E-state index in [2.05, 4.69) is 31.0 Å². The summed E-state index contributed by atoms with van der Waals surface area (Å²) in [5.41, 5.74) is 14.8. The molecule has 1 aromatic heterocycles. The van der Waals surface area contributed by atoms with Crippen molar-refractivity contribution in [3.63, 3.8) is 0 Å². The summed E-state index contributed by atoms with van der Waals surface area (Å²) < 4.78 is 0. The number of hydrogen-bond donors (Lipinski definition) is 1. The number of nitrogens with zero attached hydrogens (tertiary/aromatic N) is 2. The highest BCUT2D eigenvalue weighted by molar-refractivity contribution is 6.36. The van der Waals surface area contributed by atoms with Gasteiger partial charge in [-0.25, -0.2) is 4.98 Å². The van der Waals surface area contributed by atoms with E-state index in [4.69, 9.17) is 22.3 Å². The van der Waals surface area contributed by atoms with Crippen LogP contribution < -0.4 is 5.73 Å². The number of nitrogens with two attached hydrogens (primary N) is 1. The normalized spacial score (nSPS) is 11.7. The van der Waals surface area contributed by atoms with Gasteiger partial charge in [-0.15, -0.1) is 0 Å². The molecule has 0 aliphatic rings. The molecule has 1 heterocycles. The molecule has 0 bridgehead atoms. The van der Waals surface area contributed by atoms with Crippen molar-refractivity contribution < 1.29 is 0 Å². The molecule has 0 atom stereocenters. The van der Waals surface area contributed by atoms with Crippen LogP contribution in [0.15, 0.2) is 48.8 Å². The maximum absolute atomic E-state index is 6.83. The third-order valence-corrected chi connectivity index (χ3v) is 5.36. The van der Waals surface area contributed by atoms with Gasteiger partial charge < -0.3 is 5.73 Å². The predicted octanol–water partition coefficient (Wildman–Crippen LogP) is 5.96. The summed E-state index contributed by atoms with van der Waals surface area (Å²) in [4.78, 5) is 9.26. The lowest BCUT2D eigenvalue weighted by Gasteiger charge is -2.15.